The molecule has 1 rings (SSSR count). The van der Waals surface area contributed by atoms with E-state index in [9.17, 15) is 9.59 Å². The zero-order valence-corrected chi connectivity index (χ0v) is 11.6. The maximum atomic E-state index is 11.9. The van der Waals surface area contributed by atoms with Crippen LogP contribution in [0.25, 0.3) is 0 Å². The van der Waals surface area contributed by atoms with Crippen LogP contribution >= 0.6 is 0 Å². The number of carbonyl (C=O) groups is 2. The highest BCUT2D eigenvalue weighted by Gasteiger charge is 2.12. The molecule has 0 unspecified atom stereocenters. The predicted octanol–water partition coefficient (Wildman–Crippen LogP) is 0.565. The second-order valence-electron chi connectivity index (χ2n) is 4.21. The van der Waals surface area contributed by atoms with Gasteiger partial charge in [0.25, 0.3) is 0 Å². The second-order valence-corrected chi connectivity index (χ2v) is 4.21. The maximum Gasteiger partial charge on any atom is 0.238 e. The molecule has 0 aromatic heterocycles. The first kappa shape index (κ1) is 15.7. The number of amides is 2. The molecule has 1 aromatic rings. The molecule has 2 N–H and O–H groups in total. The molecule has 6 nitrogen and oxygen atoms in total. The van der Waals surface area contributed by atoms with Gasteiger partial charge >= 0.3 is 0 Å². The molecule has 1 aromatic carbocycles. The minimum absolute atomic E-state index is 0.127. The monoisotopic (exact) mass is 274 g/mol. The van der Waals surface area contributed by atoms with Crippen molar-refractivity contribution >= 4 is 17.5 Å². The lowest BCUT2D eigenvalue weighted by Crippen LogP contribution is -2.40. The summed E-state index contributed by atoms with van der Waals surface area (Å²) in [6.45, 7) is 2.82. The van der Waals surface area contributed by atoms with Crippen LogP contribution in [-0.2, 0) is 9.59 Å². The van der Waals surface area contributed by atoms with Crippen LogP contribution in [0.15, 0.2) is 24.3 Å². The molecule has 106 valence electrons. The van der Waals surface area contributed by atoms with Crippen molar-refractivity contribution in [3.05, 3.63) is 29.8 Å². The lowest BCUT2D eigenvalue weighted by atomic mass is 10.2. The fourth-order valence-electron chi connectivity index (χ4n) is 1.59. The molecular weight excluding hydrogens is 256 g/mol. The van der Waals surface area contributed by atoms with Crippen LogP contribution in [0.5, 0.6) is 0 Å². The third kappa shape index (κ3) is 5.08. The van der Waals surface area contributed by atoms with Gasteiger partial charge in [0.05, 0.1) is 24.7 Å². The topological polar surface area (TPSA) is 85.2 Å². The minimum atomic E-state index is -0.194. The van der Waals surface area contributed by atoms with Crippen molar-refractivity contribution in [2.45, 2.75) is 6.92 Å². The third-order valence-corrected chi connectivity index (χ3v) is 2.76. The highest BCUT2D eigenvalue weighted by atomic mass is 16.2. The quantitative estimate of drug-likeness (QED) is 0.794. The fourth-order valence-corrected chi connectivity index (χ4v) is 1.59. The summed E-state index contributed by atoms with van der Waals surface area (Å²) in [5.74, 6) is -0.321. The normalized spacial score (nSPS) is 9.90. The Morgan fingerprint density at radius 3 is 2.30 bits per heavy atom. The van der Waals surface area contributed by atoms with Crippen molar-refractivity contribution in [2.24, 2.45) is 0 Å². The number of hydrogen-bond donors (Lipinski definition) is 2. The van der Waals surface area contributed by atoms with E-state index >= 15 is 0 Å². The van der Waals surface area contributed by atoms with Gasteiger partial charge in [0, 0.05) is 12.7 Å². The Hall–Kier alpha value is -2.39. The number of anilines is 1. The molecule has 0 aliphatic rings. The highest BCUT2D eigenvalue weighted by molar-refractivity contribution is 5.92. The molecule has 0 spiro atoms. The first-order valence-corrected chi connectivity index (χ1v) is 6.32. The molecule has 0 aliphatic heterocycles. The van der Waals surface area contributed by atoms with Crippen LogP contribution in [0.1, 0.15) is 12.5 Å². The van der Waals surface area contributed by atoms with Gasteiger partial charge in [0.15, 0.2) is 0 Å². The van der Waals surface area contributed by atoms with Crippen LogP contribution in [-0.4, -0.2) is 43.4 Å². The van der Waals surface area contributed by atoms with Crippen molar-refractivity contribution < 1.29 is 9.59 Å². The number of nitrogens with zero attached hydrogens (tertiary/aromatic N) is 2. The number of carbonyl (C=O) groups excluding carboxylic acids is 2. The van der Waals surface area contributed by atoms with Gasteiger partial charge in [-0.25, -0.2) is 0 Å². The van der Waals surface area contributed by atoms with E-state index in [1.807, 2.05) is 13.0 Å². The van der Waals surface area contributed by atoms with E-state index in [4.69, 9.17) is 5.26 Å². The van der Waals surface area contributed by atoms with Crippen LogP contribution in [0.2, 0.25) is 0 Å². The highest BCUT2D eigenvalue weighted by Crippen LogP contribution is 2.08. The lowest BCUT2D eigenvalue weighted by molar-refractivity contribution is -0.123. The molecular formula is C14H18N4O2. The average Bonchev–Trinajstić information content (AvgIpc) is 2.47. The summed E-state index contributed by atoms with van der Waals surface area (Å²) >= 11 is 0. The van der Waals surface area contributed by atoms with Gasteiger partial charge in [-0.3, -0.25) is 14.5 Å². The molecule has 0 aliphatic carbocycles. The van der Waals surface area contributed by atoms with Crippen LogP contribution in [0, 0.1) is 11.3 Å². The molecule has 6 heteroatoms. The molecule has 0 saturated carbocycles. The number of benzene rings is 1. The second kappa shape index (κ2) is 7.92. The summed E-state index contributed by atoms with van der Waals surface area (Å²) in [4.78, 5) is 24.9. The zero-order valence-electron chi connectivity index (χ0n) is 11.6. The van der Waals surface area contributed by atoms with E-state index in [0.29, 0.717) is 17.8 Å². The number of nitriles is 1. The van der Waals surface area contributed by atoms with E-state index in [1.165, 1.54) is 0 Å². The fraction of sp³-hybridized carbons (Fsp3) is 0.357. The van der Waals surface area contributed by atoms with Crippen LogP contribution in [0.3, 0.4) is 0 Å². The molecule has 20 heavy (non-hydrogen) atoms. The first-order chi connectivity index (χ1) is 9.58. The van der Waals surface area contributed by atoms with E-state index in [2.05, 4.69) is 10.6 Å². The summed E-state index contributed by atoms with van der Waals surface area (Å²) in [6.07, 6.45) is 0. The molecule has 0 radical (unpaired) electrons. The zero-order chi connectivity index (χ0) is 15.0. The van der Waals surface area contributed by atoms with Gasteiger partial charge in [0.1, 0.15) is 0 Å². The summed E-state index contributed by atoms with van der Waals surface area (Å²) < 4.78 is 0. The Morgan fingerprint density at radius 2 is 1.80 bits per heavy atom. The van der Waals surface area contributed by atoms with E-state index in [1.54, 1.807) is 36.2 Å². The van der Waals surface area contributed by atoms with Gasteiger partial charge in [-0.05, 0) is 30.8 Å². The van der Waals surface area contributed by atoms with Crippen molar-refractivity contribution in [1.82, 2.24) is 10.2 Å². The predicted molar refractivity (Wildman–Crippen MR) is 76.0 cm³/mol. The van der Waals surface area contributed by atoms with Crippen LogP contribution in [0.4, 0.5) is 5.69 Å². The molecule has 0 bridgehead atoms. The largest absolute Gasteiger partial charge is 0.358 e. The smallest absolute Gasteiger partial charge is 0.238 e. The van der Waals surface area contributed by atoms with Gasteiger partial charge in [-0.15, -0.1) is 0 Å². The number of likely N-dealkylation sites (N-methyl/N-ethyl adjacent to an activating group) is 2. The molecule has 0 heterocycles. The number of rotatable bonds is 6. The Kier molecular flexibility index (Phi) is 6.20. The average molecular weight is 274 g/mol. The maximum absolute atomic E-state index is 11.9. The summed E-state index contributed by atoms with van der Waals surface area (Å²) in [5, 5.41) is 13.9. The minimum Gasteiger partial charge on any atom is -0.358 e. The Labute approximate surface area is 118 Å². The third-order valence-electron chi connectivity index (χ3n) is 2.76. The standard InChI is InChI=1S/C14H18N4O2/c1-3-18(9-13(19)16-2)10-14(20)17-12-6-4-11(8-15)5-7-12/h4-7H,3,9-10H2,1-2H3,(H,16,19)(H,17,20). The van der Waals surface area contributed by atoms with Gasteiger partial charge < -0.3 is 10.6 Å². The van der Waals surface area contributed by atoms with Gasteiger partial charge in [-0.2, -0.15) is 5.26 Å². The first-order valence-electron chi connectivity index (χ1n) is 6.32. The van der Waals surface area contributed by atoms with Crippen molar-refractivity contribution in [3.63, 3.8) is 0 Å². The summed E-state index contributed by atoms with van der Waals surface area (Å²) in [7, 11) is 1.56. The molecule has 0 fully saturated rings. The van der Waals surface area contributed by atoms with Crippen molar-refractivity contribution in [3.8, 4) is 6.07 Å². The van der Waals surface area contributed by atoms with Crippen molar-refractivity contribution in [2.75, 3.05) is 32.0 Å². The van der Waals surface area contributed by atoms with Crippen molar-refractivity contribution in [1.29, 1.82) is 5.26 Å². The summed E-state index contributed by atoms with van der Waals surface area (Å²) in [5.41, 5.74) is 1.17. The molecule has 0 saturated heterocycles. The van der Waals surface area contributed by atoms with Gasteiger partial charge in [-0.1, -0.05) is 6.92 Å². The molecule has 2 amide bonds. The Morgan fingerprint density at radius 1 is 1.20 bits per heavy atom. The van der Waals surface area contributed by atoms with E-state index < -0.39 is 0 Å². The van der Waals surface area contributed by atoms with Gasteiger partial charge in [0.2, 0.25) is 11.8 Å². The number of nitrogens with one attached hydrogen (secondary N) is 2. The number of hydrogen-bond acceptors (Lipinski definition) is 4. The molecule has 0 atom stereocenters. The lowest BCUT2D eigenvalue weighted by Gasteiger charge is -2.18. The SMILES string of the molecule is CCN(CC(=O)NC)CC(=O)Nc1ccc(C#N)cc1. The van der Waals surface area contributed by atoms with E-state index in [0.717, 1.165) is 0 Å². The van der Waals surface area contributed by atoms with Crippen LogP contribution < -0.4 is 10.6 Å². The van der Waals surface area contributed by atoms with E-state index in [-0.39, 0.29) is 24.9 Å². The Balaban J connectivity index is 2.52. The Bertz CT molecular complexity index is 505. The summed E-state index contributed by atoms with van der Waals surface area (Å²) in [6, 6.07) is 8.63.